The minimum atomic E-state index is -0.584. The maximum absolute atomic E-state index is 12.3. The van der Waals surface area contributed by atoms with Crippen LogP contribution in [0.5, 0.6) is 11.5 Å². The van der Waals surface area contributed by atoms with Crippen molar-refractivity contribution in [2.75, 3.05) is 20.3 Å². The van der Waals surface area contributed by atoms with E-state index >= 15 is 0 Å². The summed E-state index contributed by atoms with van der Waals surface area (Å²) in [6, 6.07) is 4.75. The Morgan fingerprint density at radius 1 is 1.36 bits per heavy atom. The molecule has 1 aliphatic carbocycles. The minimum Gasteiger partial charge on any atom is -0.493 e. The molecule has 120 valence electrons. The molecule has 1 fully saturated rings. The summed E-state index contributed by atoms with van der Waals surface area (Å²) in [5.41, 5.74) is 11.2. The predicted octanol–water partition coefficient (Wildman–Crippen LogP) is 0.0264. The summed E-state index contributed by atoms with van der Waals surface area (Å²) in [7, 11) is 1.46. The number of rotatable bonds is 8. The van der Waals surface area contributed by atoms with Gasteiger partial charge in [0.25, 0.3) is 11.8 Å². The molecule has 0 aromatic heterocycles. The lowest BCUT2D eigenvalue weighted by molar-refractivity contribution is -0.119. The van der Waals surface area contributed by atoms with Gasteiger partial charge in [0.05, 0.1) is 7.11 Å². The summed E-state index contributed by atoms with van der Waals surface area (Å²) in [5.74, 6) is 0.412. The van der Waals surface area contributed by atoms with E-state index in [1.165, 1.54) is 7.11 Å². The van der Waals surface area contributed by atoms with Gasteiger partial charge in [0.15, 0.2) is 18.1 Å². The van der Waals surface area contributed by atoms with E-state index in [0.717, 1.165) is 12.8 Å². The molecule has 0 heterocycles. The van der Waals surface area contributed by atoms with E-state index in [2.05, 4.69) is 5.32 Å². The molecule has 1 aliphatic rings. The van der Waals surface area contributed by atoms with E-state index in [1.54, 1.807) is 18.2 Å². The number of nitrogens with two attached hydrogens (primary N) is 2. The zero-order valence-corrected chi connectivity index (χ0v) is 12.5. The molecule has 1 unspecified atom stereocenters. The van der Waals surface area contributed by atoms with E-state index in [0.29, 0.717) is 29.5 Å². The molecule has 1 saturated carbocycles. The topological polar surface area (TPSA) is 117 Å². The number of methoxy groups -OCH3 is 1. The number of benzene rings is 1. The van der Waals surface area contributed by atoms with Gasteiger partial charge >= 0.3 is 0 Å². The molecule has 0 bridgehead atoms. The van der Waals surface area contributed by atoms with Crippen LogP contribution in [-0.2, 0) is 4.79 Å². The third-order valence-electron chi connectivity index (χ3n) is 3.56. The maximum atomic E-state index is 12.3. The van der Waals surface area contributed by atoms with E-state index < -0.39 is 5.91 Å². The molecule has 0 aliphatic heterocycles. The number of carbonyl (C=O) groups is 2. The first-order valence-corrected chi connectivity index (χ1v) is 7.15. The quantitative estimate of drug-likeness (QED) is 0.626. The fraction of sp³-hybridized carbons (Fsp3) is 0.467. The summed E-state index contributed by atoms with van der Waals surface area (Å²) in [4.78, 5) is 23.0. The monoisotopic (exact) mass is 307 g/mol. The molecule has 22 heavy (non-hydrogen) atoms. The van der Waals surface area contributed by atoms with Crippen LogP contribution in [-0.4, -0.2) is 38.1 Å². The molecule has 7 heteroatoms. The highest BCUT2D eigenvalue weighted by molar-refractivity contribution is 5.95. The third kappa shape index (κ3) is 4.11. The van der Waals surface area contributed by atoms with Gasteiger partial charge in [-0.05, 0) is 37.0 Å². The molecular weight excluding hydrogens is 286 g/mol. The Kier molecular flexibility index (Phi) is 5.21. The highest BCUT2D eigenvalue weighted by Crippen LogP contribution is 2.32. The van der Waals surface area contributed by atoms with Crippen LogP contribution in [0.25, 0.3) is 0 Å². The first-order valence-electron chi connectivity index (χ1n) is 7.15. The number of ether oxygens (including phenoxy) is 2. The first kappa shape index (κ1) is 16.1. The molecular formula is C15H21N3O4. The number of hydrogen-bond donors (Lipinski definition) is 3. The Morgan fingerprint density at radius 3 is 2.64 bits per heavy atom. The average molecular weight is 307 g/mol. The lowest BCUT2D eigenvalue weighted by Crippen LogP contribution is -2.41. The highest BCUT2D eigenvalue weighted by atomic mass is 16.5. The standard InChI is InChI=1S/C15H21N3O4/c1-21-13-6-10(4-5-12(13)22-8-14(17)19)15(20)18-11(7-16)9-2-3-9/h4-6,9,11H,2-3,7-8,16H2,1H3,(H2,17,19)(H,18,20). The number of nitrogens with one attached hydrogen (secondary N) is 1. The molecule has 1 aromatic carbocycles. The van der Waals surface area contributed by atoms with Crippen LogP contribution in [0.1, 0.15) is 23.2 Å². The fourth-order valence-corrected chi connectivity index (χ4v) is 2.20. The second kappa shape index (κ2) is 7.13. The smallest absolute Gasteiger partial charge is 0.255 e. The second-order valence-corrected chi connectivity index (χ2v) is 5.27. The van der Waals surface area contributed by atoms with E-state index in [4.69, 9.17) is 20.9 Å². The molecule has 0 radical (unpaired) electrons. The van der Waals surface area contributed by atoms with Crippen LogP contribution < -0.4 is 26.3 Å². The molecule has 0 spiro atoms. The van der Waals surface area contributed by atoms with Crippen LogP contribution in [0, 0.1) is 5.92 Å². The molecule has 1 aromatic rings. The van der Waals surface area contributed by atoms with Crippen molar-refractivity contribution in [3.05, 3.63) is 23.8 Å². The van der Waals surface area contributed by atoms with Crippen molar-refractivity contribution >= 4 is 11.8 Å². The Hall–Kier alpha value is -2.28. The normalized spacial score (nSPS) is 15.0. The molecule has 2 rings (SSSR count). The minimum absolute atomic E-state index is 0.00397. The van der Waals surface area contributed by atoms with Crippen molar-refractivity contribution < 1.29 is 19.1 Å². The van der Waals surface area contributed by atoms with Crippen molar-refractivity contribution in [3.8, 4) is 11.5 Å². The average Bonchev–Trinajstić information content (AvgIpc) is 3.34. The van der Waals surface area contributed by atoms with Crippen molar-refractivity contribution in [3.63, 3.8) is 0 Å². The maximum Gasteiger partial charge on any atom is 0.255 e. The Labute approximate surface area is 128 Å². The summed E-state index contributed by atoms with van der Waals surface area (Å²) < 4.78 is 10.4. The van der Waals surface area contributed by atoms with Crippen LogP contribution in [0.15, 0.2) is 18.2 Å². The van der Waals surface area contributed by atoms with Crippen LogP contribution in [0.2, 0.25) is 0 Å². The predicted molar refractivity (Wildman–Crippen MR) is 80.7 cm³/mol. The van der Waals surface area contributed by atoms with Gasteiger partial charge in [-0.2, -0.15) is 0 Å². The van der Waals surface area contributed by atoms with Gasteiger partial charge < -0.3 is 26.3 Å². The van der Waals surface area contributed by atoms with Gasteiger partial charge in [0.1, 0.15) is 0 Å². The number of primary amides is 1. The zero-order chi connectivity index (χ0) is 16.1. The number of hydrogen-bond acceptors (Lipinski definition) is 5. The molecule has 0 saturated heterocycles. The summed E-state index contributed by atoms with van der Waals surface area (Å²) in [6.07, 6.45) is 2.21. The Morgan fingerprint density at radius 2 is 2.09 bits per heavy atom. The fourth-order valence-electron chi connectivity index (χ4n) is 2.20. The lowest BCUT2D eigenvalue weighted by atomic mass is 10.1. The van der Waals surface area contributed by atoms with Crippen molar-refractivity contribution in [2.24, 2.45) is 17.4 Å². The number of amides is 2. The SMILES string of the molecule is COc1cc(C(=O)NC(CN)C2CC2)ccc1OCC(N)=O. The number of carbonyl (C=O) groups excluding carboxylic acids is 2. The van der Waals surface area contributed by atoms with Gasteiger partial charge in [-0.3, -0.25) is 9.59 Å². The highest BCUT2D eigenvalue weighted by Gasteiger charge is 2.31. The van der Waals surface area contributed by atoms with E-state index in [-0.39, 0.29) is 18.6 Å². The van der Waals surface area contributed by atoms with Gasteiger partial charge in [-0.25, -0.2) is 0 Å². The first-order chi connectivity index (χ1) is 10.5. The van der Waals surface area contributed by atoms with Crippen molar-refractivity contribution in [1.29, 1.82) is 0 Å². The summed E-state index contributed by atoms with van der Waals surface area (Å²) >= 11 is 0. The summed E-state index contributed by atoms with van der Waals surface area (Å²) in [6.45, 7) is 0.173. The summed E-state index contributed by atoms with van der Waals surface area (Å²) in [5, 5.41) is 2.93. The largest absolute Gasteiger partial charge is 0.493 e. The van der Waals surface area contributed by atoms with Gasteiger partial charge in [0, 0.05) is 18.2 Å². The zero-order valence-electron chi connectivity index (χ0n) is 12.5. The van der Waals surface area contributed by atoms with Gasteiger partial charge in [-0.15, -0.1) is 0 Å². The van der Waals surface area contributed by atoms with Gasteiger partial charge in [0.2, 0.25) is 0 Å². The molecule has 1 atom stereocenters. The van der Waals surface area contributed by atoms with Gasteiger partial charge in [-0.1, -0.05) is 0 Å². The molecule has 7 nitrogen and oxygen atoms in total. The van der Waals surface area contributed by atoms with Crippen LogP contribution in [0.3, 0.4) is 0 Å². The van der Waals surface area contributed by atoms with E-state index in [1.807, 2.05) is 0 Å². The Bertz CT molecular complexity index is 558. The van der Waals surface area contributed by atoms with Crippen molar-refractivity contribution in [2.45, 2.75) is 18.9 Å². The van der Waals surface area contributed by atoms with Crippen LogP contribution in [0.4, 0.5) is 0 Å². The third-order valence-corrected chi connectivity index (χ3v) is 3.56. The van der Waals surface area contributed by atoms with Crippen molar-refractivity contribution in [1.82, 2.24) is 5.32 Å². The Balaban J connectivity index is 2.07. The second-order valence-electron chi connectivity index (χ2n) is 5.27. The molecule has 2 amide bonds. The van der Waals surface area contributed by atoms with Crippen LogP contribution >= 0.6 is 0 Å². The van der Waals surface area contributed by atoms with E-state index in [9.17, 15) is 9.59 Å². The molecule has 5 N–H and O–H groups in total. The lowest BCUT2D eigenvalue weighted by Gasteiger charge is -2.17.